The maximum atomic E-state index is 12.2. The lowest BCUT2D eigenvalue weighted by molar-refractivity contribution is 0.175. The summed E-state index contributed by atoms with van der Waals surface area (Å²) in [5, 5.41) is 12.0. The fourth-order valence-electron chi connectivity index (χ4n) is 2.28. The zero-order valence-corrected chi connectivity index (χ0v) is 11.4. The molecular formula is C15H20N2O3. The number of aliphatic hydroxyl groups excluding tert-OH is 1. The summed E-state index contributed by atoms with van der Waals surface area (Å²) in [6.07, 6.45) is 2.39. The number of nitrogens with one attached hydrogen (secondary N) is 1. The third kappa shape index (κ3) is 3.30. The van der Waals surface area contributed by atoms with Gasteiger partial charge in [-0.2, -0.15) is 0 Å². The zero-order valence-electron chi connectivity index (χ0n) is 11.4. The number of nitrogens with zero attached hydrogens (tertiary/aromatic N) is 1. The molecule has 5 heteroatoms. The Balaban J connectivity index is 2.06. The fourth-order valence-corrected chi connectivity index (χ4v) is 2.28. The number of ether oxygens (including phenoxy) is 1. The van der Waals surface area contributed by atoms with Gasteiger partial charge in [-0.25, -0.2) is 4.79 Å². The third-order valence-corrected chi connectivity index (χ3v) is 3.26. The maximum absolute atomic E-state index is 12.2. The Bertz CT molecular complexity index is 476. The van der Waals surface area contributed by atoms with Gasteiger partial charge in [-0.15, -0.1) is 6.58 Å². The number of amides is 2. The Morgan fingerprint density at radius 3 is 3.10 bits per heavy atom. The number of aliphatic hydroxyl groups is 1. The minimum Gasteiger partial charge on any atom is -0.493 e. The summed E-state index contributed by atoms with van der Waals surface area (Å²) in [4.78, 5) is 13.7. The first kappa shape index (κ1) is 14.4. The van der Waals surface area contributed by atoms with Crippen LogP contribution in [-0.2, 0) is 0 Å². The second-order valence-corrected chi connectivity index (χ2v) is 4.64. The van der Waals surface area contributed by atoms with E-state index in [9.17, 15) is 4.79 Å². The van der Waals surface area contributed by atoms with Crippen molar-refractivity contribution in [2.75, 3.05) is 26.3 Å². The van der Waals surface area contributed by atoms with Crippen molar-refractivity contribution in [3.63, 3.8) is 0 Å². The van der Waals surface area contributed by atoms with Gasteiger partial charge in [0.15, 0.2) is 0 Å². The molecule has 0 bridgehead atoms. The topological polar surface area (TPSA) is 61.8 Å². The molecule has 20 heavy (non-hydrogen) atoms. The van der Waals surface area contributed by atoms with Gasteiger partial charge in [0.2, 0.25) is 0 Å². The van der Waals surface area contributed by atoms with Crippen molar-refractivity contribution in [3.05, 3.63) is 42.5 Å². The van der Waals surface area contributed by atoms with Crippen LogP contribution >= 0.6 is 0 Å². The van der Waals surface area contributed by atoms with E-state index in [0.29, 0.717) is 19.7 Å². The zero-order chi connectivity index (χ0) is 14.4. The standard InChI is InChI=1S/C15H20N2O3/c1-2-8-17(9-10-18)15(19)16-13-7-11-20-14-6-4-3-5-12(13)14/h2-6,13,18H,1,7-11H2,(H,16,19). The molecule has 1 atom stereocenters. The van der Waals surface area contributed by atoms with Gasteiger partial charge in [-0.1, -0.05) is 24.3 Å². The number of urea groups is 1. The molecule has 1 unspecified atom stereocenters. The number of fused-ring (bicyclic) bond motifs is 1. The SMILES string of the molecule is C=CCN(CCO)C(=O)NC1CCOc2ccccc21. The number of benzene rings is 1. The quantitative estimate of drug-likeness (QED) is 0.805. The normalized spacial score (nSPS) is 16.8. The van der Waals surface area contributed by atoms with Gasteiger partial charge >= 0.3 is 6.03 Å². The van der Waals surface area contributed by atoms with Gasteiger partial charge in [-0.3, -0.25) is 0 Å². The number of hydrogen-bond donors (Lipinski definition) is 2. The van der Waals surface area contributed by atoms with E-state index in [1.807, 2.05) is 24.3 Å². The first-order chi connectivity index (χ1) is 9.76. The molecule has 1 aromatic rings. The number of carbonyl (C=O) groups excluding carboxylic acids is 1. The second-order valence-electron chi connectivity index (χ2n) is 4.64. The molecule has 0 fully saturated rings. The van der Waals surface area contributed by atoms with Crippen LogP contribution in [0.25, 0.3) is 0 Å². The largest absolute Gasteiger partial charge is 0.493 e. The Kier molecular flexibility index (Phi) is 5.01. The van der Waals surface area contributed by atoms with Crippen molar-refractivity contribution < 1.29 is 14.6 Å². The lowest BCUT2D eigenvalue weighted by Crippen LogP contribution is -2.44. The Labute approximate surface area is 118 Å². The van der Waals surface area contributed by atoms with Crippen molar-refractivity contribution in [1.29, 1.82) is 0 Å². The summed E-state index contributed by atoms with van der Waals surface area (Å²) in [7, 11) is 0. The molecule has 0 spiro atoms. The molecule has 0 radical (unpaired) electrons. The molecule has 1 heterocycles. The van der Waals surface area contributed by atoms with Crippen LogP contribution in [0.1, 0.15) is 18.0 Å². The first-order valence-corrected chi connectivity index (χ1v) is 6.75. The van der Waals surface area contributed by atoms with Crippen LogP contribution in [0.5, 0.6) is 5.75 Å². The van der Waals surface area contributed by atoms with Crippen LogP contribution in [0.3, 0.4) is 0 Å². The van der Waals surface area contributed by atoms with Crippen molar-refractivity contribution in [2.24, 2.45) is 0 Å². The molecule has 1 aliphatic rings. The summed E-state index contributed by atoms with van der Waals surface area (Å²) >= 11 is 0. The van der Waals surface area contributed by atoms with Gasteiger partial charge in [-0.05, 0) is 6.07 Å². The number of carbonyl (C=O) groups is 1. The number of rotatable bonds is 5. The van der Waals surface area contributed by atoms with Gasteiger partial charge in [0, 0.05) is 25.1 Å². The molecule has 5 nitrogen and oxygen atoms in total. The van der Waals surface area contributed by atoms with Crippen molar-refractivity contribution in [1.82, 2.24) is 10.2 Å². The lowest BCUT2D eigenvalue weighted by atomic mass is 10.0. The molecule has 0 aromatic heterocycles. The second kappa shape index (κ2) is 6.96. The molecule has 108 valence electrons. The van der Waals surface area contributed by atoms with Gasteiger partial charge in [0.25, 0.3) is 0 Å². The predicted octanol–water partition coefficient (Wildman–Crippen LogP) is 1.70. The highest BCUT2D eigenvalue weighted by Gasteiger charge is 2.24. The van der Waals surface area contributed by atoms with Crippen LogP contribution in [0.2, 0.25) is 0 Å². The summed E-state index contributed by atoms with van der Waals surface area (Å²) in [5.41, 5.74) is 0.995. The third-order valence-electron chi connectivity index (χ3n) is 3.26. The molecule has 0 saturated carbocycles. The average molecular weight is 276 g/mol. The molecule has 0 aliphatic carbocycles. The van der Waals surface area contributed by atoms with E-state index in [2.05, 4.69) is 11.9 Å². The van der Waals surface area contributed by atoms with Crippen LogP contribution in [0.15, 0.2) is 36.9 Å². The summed E-state index contributed by atoms with van der Waals surface area (Å²) in [6, 6.07) is 7.46. The first-order valence-electron chi connectivity index (χ1n) is 6.75. The van der Waals surface area contributed by atoms with E-state index in [1.54, 1.807) is 6.08 Å². The van der Waals surface area contributed by atoms with E-state index in [1.165, 1.54) is 4.90 Å². The molecule has 1 aliphatic heterocycles. The lowest BCUT2D eigenvalue weighted by Gasteiger charge is -2.29. The van der Waals surface area contributed by atoms with E-state index in [-0.39, 0.29) is 18.7 Å². The maximum Gasteiger partial charge on any atom is 0.318 e. The Morgan fingerprint density at radius 2 is 2.35 bits per heavy atom. The van der Waals surface area contributed by atoms with Crippen LogP contribution in [-0.4, -0.2) is 42.3 Å². The summed E-state index contributed by atoms with van der Waals surface area (Å²) in [6.45, 7) is 4.86. The van der Waals surface area contributed by atoms with E-state index in [4.69, 9.17) is 9.84 Å². The van der Waals surface area contributed by atoms with Crippen molar-refractivity contribution >= 4 is 6.03 Å². The molecule has 1 aromatic carbocycles. The van der Waals surface area contributed by atoms with Crippen LogP contribution in [0, 0.1) is 0 Å². The Hall–Kier alpha value is -2.01. The molecule has 2 rings (SSSR count). The average Bonchev–Trinajstić information content (AvgIpc) is 2.47. The molecule has 2 amide bonds. The molecule has 0 saturated heterocycles. The van der Waals surface area contributed by atoms with Crippen molar-refractivity contribution in [2.45, 2.75) is 12.5 Å². The highest BCUT2D eigenvalue weighted by molar-refractivity contribution is 5.75. The summed E-state index contributed by atoms with van der Waals surface area (Å²) in [5.74, 6) is 0.821. The van der Waals surface area contributed by atoms with Crippen LogP contribution in [0.4, 0.5) is 4.79 Å². The van der Waals surface area contributed by atoms with Crippen molar-refractivity contribution in [3.8, 4) is 5.75 Å². The van der Waals surface area contributed by atoms with Gasteiger partial charge in [0.05, 0.1) is 19.3 Å². The minimum atomic E-state index is -0.194. The van der Waals surface area contributed by atoms with E-state index < -0.39 is 0 Å². The molecule has 2 N–H and O–H groups in total. The fraction of sp³-hybridized carbons (Fsp3) is 0.400. The predicted molar refractivity (Wildman–Crippen MR) is 76.7 cm³/mol. The van der Waals surface area contributed by atoms with Gasteiger partial charge in [0.1, 0.15) is 5.75 Å². The monoisotopic (exact) mass is 276 g/mol. The Morgan fingerprint density at radius 1 is 1.55 bits per heavy atom. The van der Waals surface area contributed by atoms with Crippen LogP contribution < -0.4 is 10.1 Å². The molecular weight excluding hydrogens is 256 g/mol. The highest BCUT2D eigenvalue weighted by Crippen LogP contribution is 2.31. The summed E-state index contributed by atoms with van der Waals surface area (Å²) < 4.78 is 5.57. The van der Waals surface area contributed by atoms with E-state index in [0.717, 1.165) is 17.7 Å². The number of para-hydroxylation sites is 1. The van der Waals surface area contributed by atoms with Gasteiger partial charge < -0.3 is 20.1 Å². The van der Waals surface area contributed by atoms with E-state index >= 15 is 0 Å². The minimum absolute atomic E-state index is 0.0570. The number of hydrogen-bond acceptors (Lipinski definition) is 3. The smallest absolute Gasteiger partial charge is 0.318 e. The highest BCUT2D eigenvalue weighted by atomic mass is 16.5.